The van der Waals surface area contributed by atoms with Crippen LogP contribution in [0.2, 0.25) is 0 Å². The van der Waals surface area contributed by atoms with Crippen molar-refractivity contribution in [2.75, 3.05) is 0 Å². The Morgan fingerprint density at radius 1 is 1.50 bits per heavy atom. The summed E-state index contributed by atoms with van der Waals surface area (Å²) in [5.41, 5.74) is 1.10. The molecule has 0 fully saturated rings. The van der Waals surface area contributed by atoms with Gasteiger partial charge in [0.15, 0.2) is 0 Å². The molecular formula is C10H15ClO. The van der Waals surface area contributed by atoms with E-state index in [9.17, 15) is 5.11 Å². The predicted molar refractivity (Wildman–Crippen MR) is 52.5 cm³/mol. The van der Waals surface area contributed by atoms with E-state index >= 15 is 0 Å². The summed E-state index contributed by atoms with van der Waals surface area (Å²) in [6.45, 7) is 4.15. The number of alkyl halides is 1. The third-order valence-corrected chi connectivity index (χ3v) is 2.87. The van der Waals surface area contributed by atoms with Crippen LogP contribution in [0.4, 0.5) is 0 Å². The monoisotopic (exact) mass is 186 g/mol. The van der Waals surface area contributed by atoms with Gasteiger partial charge in [0.25, 0.3) is 0 Å². The number of aliphatic hydroxyl groups excluding tert-OH is 1. The van der Waals surface area contributed by atoms with Gasteiger partial charge in [-0.1, -0.05) is 19.9 Å². The zero-order valence-corrected chi connectivity index (χ0v) is 8.30. The molecule has 0 amide bonds. The minimum Gasteiger partial charge on any atom is -0.508 e. The van der Waals surface area contributed by atoms with Crippen LogP contribution in [0.1, 0.15) is 26.7 Å². The van der Waals surface area contributed by atoms with Gasteiger partial charge in [-0.25, -0.2) is 0 Å². The van der Waals surface area contributed by atoms with Crippen molar-refractivity contribution in [3.8, 4) is 0 Å². The molecule has 0 saturated heterocycles. The average Bonchev–Trinajstić information content (AvgIpc) is 2.08. The second-order valence-electron chi connectivity index (χ2n) is 3.08. The fourth-order valence-corrected chi connectivity index (χ4v) is 2.12. The van der Waals surface area contributed by atoms with Crippen LogP contribution in [-0.4, -0.2) is 10.5 Å². The molecule has 12 heavy (non-hydrogen) atoms. The van der Waals surface area contributed by atoms with Crippen LogP contribution >= 0.6 is 11.6 Å². The molecule has 0 aromatic carbocycles. The molecule has 1 aliphatic rings. The first kappa shape index (κ1) is 9.66. The molecular weight excluding hydrogens is 172 g/mol. The molecule has 1 N–H and O–H groups in total. The Morgan fingerprint density at radius 3 is 2.58 bits per heavy atom. The highest BCUT2D eigenvalue weighted by molar-refractivity contribution is 6.22. The van der Waals surface area contributed by atoms with E-state index in [2.05, 4.69) is 13.8 Å². The molecule has 0 aliphatic heterocycles. The van der Waals surface area contributed by atoms with Gasteiger partial charge < -0.3 is 5.11 Å². The summed E-state index contributed by atoms with van der Waals surface area (Å²) in [4.78, 5) is 0. The smallest absolute Gasteiger partial charge is 0.114 e. The zero-order chi connectivity index (χ0) is 9.14. The van der Waals surface area contributed by atoms with Crippen molar-refractivity contribution < 1.29 is 5.11 Å². The van der Waals surface area contributed by atoms with Gasteiger partial charge in [0.2, 0.25) is 0 Å². The lowest BCUT2D eigenvalue weighted by Gasteiger charge is -2.24. The minimum absolute atomic E-state index is 0.0563. The topological polar surface area (TPSA) is 20.2 Å². The quantitative estimate of drug-likeness (QED) is 0.656. The molecule has 0 saturated carbocycles. The van der Waals surface area contributed by atoms with Crippen molar-refractivity contribution in [3.63, 3.8) is 0 Å². The Labute approximate surface area is 78.7 Å². The first-order valence-electron chi connectivity index (χ1n) is 4.45. The summed E-state index contributed by atoms with van der Waals surface area (Å²) < 4.78 is 0. The molecule has 2 heteroatoms. The Kier molecular flexibility index (Phi) is 3.21. The molecule has 2 atom stereocenters. The van der Waals surface area contributed by atoms with Gasteiger partial charge in [-0.05, 0) is 24.5 Å². The van der Waals surface area contributed by atoms with Crippen molar-refractivity contribution in [2.45, 2.75) is 32.1 Å². The van der Waals surface area contributed by atoms with Gasteiger partial charge >= 0.3 is 0 Å². The van der Waals surface area contributed by atoms with Gasteiger partial charge in [0, 0.05) is 5.92 Å². The van der Waals surface area contributed by atoms with Crippen molar-refractivity contribution in [3.05, 3.63) is 23.5 Å². The van der Waals surface area contributed by atoms with Crippen molar-refractivity contribution in [2.24, 2.45) is 5.92 Å². The fourth-order valence-electron chi connectivity index (χ4n) is 1.72. The molecule has 0 aromatic rings. The molecule has 0 aromatic heterocycles. The Hall–Kier alpha value is -0.430. The van der Waals surface area contributed by atoms with E-state index in [-0.39, 0.29) is 5.38 Å². The summed E-state index contributed by atoms with van der Waals surface area (Å²) in [6, 6.07) is 0. The van der Waals surface area contributed by atoms with Crippen LogP contribution in [0.25, 0.3) is 0 Å². The number of rotatable bonds is 2. The van der Waals surface area contributed by atoms with Crippen molar-refractivity contribution >= 4 is 11.6 Å². The highest BCUT2D eigenvalue weighted by Crippen LogP contribution is 2.32. The van der Waals surface area contributed by atoms with Crippen molar-refractivity contribution in [1.82, 2.24) is 0 Å². The van der Waals surface area contributed by atoms with E-state index in [1.807, 2.05) is 6.08 Å². The summed E-state index contributed by atoms with van der Waals surface area (Å²) in [5.74, 6) is 0.739. The van der Waals surface area contributed by atoms with Crippen LogP contribution in [0.3, 0.4) is 0 Å². The average molecular weight is 187 g/mol. The maximum atomic E-state index is 9.52. The molecule has 0 radical (unpaired) electrons. The third-order valence-electron chi connectivity index (χ3n) is 2.42. The van der Waals surface area contributed by atoms with E-state index < -0.39 is 0 Å². The summed E-state index contributed by atoms with van der Waals surface area (Å²) in [6.07, 6.45) is 5.45. The van der Waals surface area contributed by atoms with Gasteiger partial charge in [0.05, 0.1) is 5.38 Å². The molecule has 0 bridgehead atoms. The van der Waals surface area contributed by atoms with Gasteiger partial charge in [-0.3, -0.25) is 0 Å². The van der Waals surface area contributed by atoms with E-state index in [0.29, 0.717) is 11.7 Å². The highest BCUT2D eigenvalue weighted by Gasteiger charge is 2.24. The van der Waals surface area contributed by atoms with Crippen LogP contribution in [0.5, 0.6) is 0 Å². The predicted octanol–water partition coefficient (Wildman–Crippen LogP) is 3.41. The number of allylic oxidation sites excluding steroid dienone is 3. The lowest BCUT2D eigenvalue weighted by atomic mass is 9.86. The van der Waals surface area contributed by atoms with Crippen LogP contribution in [0.15, 0.2) is 23.5 Å². The maximum absolute atomic E-state index is 9.52. The highest BCUT2D eigenvalue weighted by atomic mass is 35.5. The van der Waals surface area contributed by atoms with Gasteiger partial charge in [-0.2, -0.15) is 0 Å². The molecule has 0 spiro atoms. The number of halogens is 1. The van der Waals surface area contributed by atoms with Crippen LogP contribution in [0, 0.1) is 5.92 Å². The molecule has 1 rings (SSSR count). The van der Waals surface area contributed by atoms with E-state index in [4.69, 9.17) is 11.6 Å². The normalized spacial score (nSPS) is 29.6. The fraction of sp³-hybridized carbons (Fsp3) is 0.600. The van der Waals surface area contributed by atoms with E-state index in [1.54, 1.807) is 6.08 Å². The first-order valence-corrected chi connectivity index (χ1v) is 4.88. The molecule has 1 aliphatic carbocycles. The number of hydrogen-bond acceptors (Lipinski definition) is 1. The maximum Gasteiger partial charge on any atom is 0.114 e. The van der Waals surface area contributed by atoms with Gasteiger partial charge in [-0.15, -0.1) is 11.6 Å². The Balaban J connectivity index is 2.90. The Morgan fingerprint density at radius 2 is 2.17 bits per heavy atom. The first-order chi connectivity index (χ1) is 5.70. The molecule has 2 unspecified atom stereocenters. The minimum atomic E-state index is 0.0563. The SMILES string of the molecule is CCC1=C(O)C=CC(Cl)C1CC. The largest absolute Gasteiger partial charge is 0.508 e. The second kappa shape index (κ2) is 3.99. The summed E-state index contributed by atoms with van der Waals surface area (Å²) >= 11 is 6.09. The molecule has 0 heterocycles. The lowest BCUT2D eigenvalue weighted by molar-refractivity contribution is 0.399. The molecule has 1 nitrogen and oxygen atoms in total. The van der Waals surface area contributed by atoms with Crippen molar-refractivity contribution in [1.29, 1.82) is 0 Å². The lowest BCUT2D eigenvalue weighted by Crippen LogP contribution is -2.18. The van der Waals surface area contributed by atoms with Gasteiger partial charge in [0.1, 0.15) is 5.76 Å². The second-order valence-corrected chi connectivity index (χ2v) is 3.59. The van der Waals surface area contributed by atoms with E-state index in [1.165, 1.54) is 0 Å². The van der Waals surface area contributed by atoms with Crippen LogP contribution in [-0.2, 0) is 0 Å². The summed E-state index contributed by atoms with van der Waals surface area (Å²) in [7, 11) is 0. The standard InChI is InChI=1S/C10H15ClO/c1-3-7-8(4-2)10(12)6-5-9(7)11/h5-7,9,12H,3-4H2,1-2H3. The summed E-state index contributed by atoms with van der Waals surface area (Å²) in [5, 5.41) is 9.58. The number of aliphatic hydroxyl groups is 1. The third kappa shape index (κ3) is 1.66. The zero-order valence-electron chi connectivity index (χ0n) is 7.55. The Bertz CT molecular complexity index is 218. The molecule has 68 valence electrons. The number of hydrogen-bond donors (Lipinski definition) is 1. The van der Waals surface area contributed by atoms with Crippen LogP contribution < -0.4 is 0 Å². The van der Waals surface area contributed by atoms with E-state index in [0.717, 1.165) is 18.4 Å².